The largest absolute Gasteiger partial charge is 0.494 e. The van der Waals surface area contributed by atoms with Gasteiger partial charge in [-0.05, 0) is 83.4 Å². The molecular weight excluding hydrogens is 396 g/mol. The summed E-state index contributed by atoms with van der Waals surface area (Å²) in [6, 6.07) is 7.35. The normalized spacial score (nSPS) is 11.8. The molecule has 1 aromatic rings. The van der Waals surface area contributed by atoms with Gasteiger partial charge in [-0.15, -0.1) is 0 Å². The van der Waals surface area contributed by atoms with E-state index in [4.69, 9.17) is 9.47 Å². The molecule has 0 saturated carbocycles. The van der Waals surface area contributed by atoms with Crippen molar-refractivity contribution in [2.75, 3.05) is 13.2 Å². The van der Waals surface area contributed by atoms with Gasteiger partial charge < -0.3 is 9.47 Å². The van der Waals surface area contributed by atoms with E-state index in [0.717, 1.165) is 44.3 Å². The molecule has 0 aliphatic carbocycles. The van der Waals surface area contributed by atoms with Gasteiger partial charge in [-0.3, -0.25) is 0 Å². The molecule has 0 spiro atoms. The summed E-state index contributed by atoms with van der Waals surface area (Å²) >= 11 is 0. The van der Waals surface area contributed by atoms with Crippen LogP contribution in [0.25, 0.3) is 0 Å². The zero-order chi connectivity index (χ0) is 23.3. The van der Waals surface area contributed by atoms with Gasteiger partial charge in [-0.25, -0.2) is 4.79 Å². The van der Waals surface area contributed by atoms with E-state index in [1.807, 2.05) is 12.1 Å². The summed E-state index contributed by atoms with van der Waals surface area (Å²) in [6.45, 7) is 7.66. The smallest absolute Gasteiger partial charge is 0.338 e. The molecule has 0 aromatic heterocycles. The molecule has 1 aromatic carbocycles. The Kier molecular flexibility index (Phi) is 17.2. The highest BCUT2D eigenvalue weighted by molar-refractivity contribution is 5.89. The van der Waals surface area contributed by atoms with Crippen LogP contribution >= 0.6 is 0 Å². The number of unbranched alkanes of at least 4 members (excludes halogenated alkanes) is 9. The van der Waals surface area contributed by atoms with Gasteiger partial charge in [0, 0.05) is 0 Å². The second-order valence-electron chi connectivity index (χ2n) is 8.60. The van der Waals surface area contributed by atoms with Gasteiger partial charge in [-0.1, -0.05) is 68.9 Å². The van der Waals surface area contributed by atoms with Crippen LogP contribution in [0, 0.1) is 0 Å². The molecule has 0 fully saturated rings. The van der Waals surface area contributed by atoms with Crippen LogP contribution in [0.4, 0.5) is 0 Å². The van der Waals surface area contributed by atoms with E-state index in [0.29, 0.717) is 18.8 Å². The summed E-state index contributed by atoms with van der Waals surface area (Å²) in [5.41, 5.74) is 2.07. The SMILES string of the molecule is C/C=C(/C)CCCCCCCCCOC(=O)c1cccc(OCCCCC/C=C\CC)c1. The molecule has 3 nitrogen and oxygen atoms in total. The highest BCUT2D eigenvalue weighted by Crippen LogP contribution is 2.16. The third-order valence-electron chi connectivity index (χ3n) is 5.70. The summed E-state index contributed by atoms with van der Waals surface area (Å²) in [4.78, 5) is 12.3. The van der Waals surface area contributed by atoms with E-state index >= 15 is 0 Å². The van der Waals surface area contributed by atoms with Crippen LogP contribution in [0.2, 0.25) is 0 Å². The fourth-order valence-electron chi connectivity index (χ4n) is 3.51. The molecule has 0 saturated heterocycles. The molecule has 3 heteroatoms. The van der Waals surface area contributed by atoms with E-state index < -0.39 is 0 Å². The van der Waals surface area contributed by atoms with Crippen LogP contribution in [0.15, 0.2) is 48.1 Å². The van der Waals surface area contributed by atoms with Crippen molar-refractivity contribution in [2.45, 2.75) is 104 Å². The van der Waals surface area contributed by atoms with Crippen molar-refractivity contribution in [3.05, 3.63) is 53.6 Å². The second-order valence-corrected chi connectivity index (χ2v) is 8.60. The fraction of sp³-hybridized carbons (Fsp3) is 0.621. The molecule has 0 N–H and O–H groups in total. The predicted molar refractivity (Wildman–Crippen MR) is 136 cm³/mol. The van der Waals surface area contributed by atoms with Crippen LogP contribution in [0.3, 0.4) is 0 Å². The molecule has 0 atom stereocenters. The van der Waals surface area contributed by atoms with Crippen molar-refractivity contribution >= 4 is 5.97 Å². The fourth-order valence-corrected chi connectivity index (χ4v) is 3.51. The lowest BCUT2D eigenvalue weighted by Crippen LogP contribution is -2.07. The summed E-state index contributed by atoms with van der Waals surface area (Å²) in [6.07, 6.45) is 22.0. The molecule has 0 aliphatic rings. The number of benzene rings is 1. The molecular formula is C29H46O3. The van der Waals surface area contributed by atoms with Gasteiger partial charge in [0.2, 0.25) is 0 Å². The molecule has 0 unspecified atom stereocenters. The second kappa shape index (κ2) is 19.6. The van der Waals surface area contributed by atoms with Gasteiger partial charge in [-0.2, -0.15) is 0 Å². The van der Waals surface area contributed by atoms with Gasteiger partial charge in [0.05, 0.1) is 18.8 Å². The lowest BCUT2D eigenvalue weighted by molar-refractivity contribution is 0.0497. The minimum Gasteiger partial charge on any atom is -0.494 e. The topological polar surface area (TPSA) is 35.5 Å². The van der Waals surface area contributed by atoms with E-state index in [1.165, 1.54) is 50.5 Å². The van der Waals surface area contributed by atoms with Crippen LogP contribution in [-0.2, 0) is 4.74 Å². The standard InChI is InChI=1S/C29H46O3/c1-4-6-7-8-11-14-17-23-31-28-22-19-21-27(25-28)29(30)32-24-18-15-12-9-10-13-16-20-26(3)5-2/h5-7,19,21-22,25H,4,8-18,20,23-24H2,1-3H3/b7-6-,26-5-. The average molecular weight is 443 g/mol. The third kappa shape index (κ3) is 14.9. The highest BCUT2D eigenvalue weighted by Gasteiger charge is 2.08. The lowest BCUT2D eigenvalue weighted by Gasteiger charge is -2.08. The maximum atomic E-state index is 12.3. The number of allylic oxidation sites excluding steroid dienone is 4. The molecule has 0 bridgehead atoms. The van der Waals surface area contributed by atoms with E-state index in [2.05, 4.69) is 39.0 Å². The zero-order valence-corrected chi connectivity index (χ0v) is 20.9. The lowest BCUT2D eigenvalue weighted by atomic mass is 10.1. The number of ether oxygens (including phenoxy) is 2. The summed E-state index contributed by atoms with van der Waals surface area (Å²) in [5, 5.41) is 0. The maximum absolute atomic E-state index is 12.3. The van der Waals surface area contributed by atoms with E-state index in [9.17, 15) is 4.79 Å². The van der Waals surface area contributed by atoms with E-state index in [1.54, 1.807) is 12.1 Å². The number of hydrogen-bond donors (Lipinski definition) is 0. The average Bonchev–Trinajstić information content (AvgIpc) is 2.81. The van der Waals surface area contributed by atoms with Crippen molar-refractivity contribution in [3.63, 3.8) is 0 Å². The predicted octanol–water partition coefficient (Wildman–Crippen LogP) is 8.84. The van der Waals surface area contributed by atoms with Crippen LogP contribution in [-0.4, -0.2) is 19.2 Å². The first kappa shape index (κ1) is 28.0. The van der Waals surface area contributed by atoms with Gasteiger partial charge in [0.1, 0.15) is 5.75 Å². The Balaban J connectivity index is 2.09. The highest BCUT2D eigenvalue weighted by atomic mass is 16.5. The summed E-state index contributed by atoms with van der Waals surface area (Å²) in [7, 11) is 0. The Hall–Kier alpha value is -2.03. The molecule has 0 amide bonds. The Bertz CT molecular complexity index is 660. The maximum Gasteiger partial charge on any atom is 0.338 e. The Labute approximate surface area is 197 Å². The first-order valence-electron chi connectivity index (χ1n) is 12.8. The number of carbonyl (C=O) groups is 1. The number of rotatable bonds is 19. The van der Waals surface area contributed by atoms with Crippen LogP contribution in [0.5, 0.6) is 5.75 Å². The Morgan fingerprint density at radius 1 is 0.875 bits per heavy atom. The third-order valence-corrected chi connectivity index (χ3v) is 5.70. The monoisotopic (exact) mass is 442 g/mol. The van der Waals surface area contributed by atoms with Crippen molar-refractivity contribution in [3.8, 4) is 5.75 Å². The molecule has 0 heterocycles. The Morgan fingerprint density at radius 3 is 2.31 bits per heavy atom. The molecule has 0 radical (unpaired) electrons. The Morgan fingerprint density at radius 2 is 1.56 bits per heavy atom. The minimum absolute atomic E-state index is 0.252. The minimum atomic E-state index is -0.252. The number of carbonyl (C=O) groups excluding carboxylic acids is 1. The number of esters is 1. The molecule has 1 rings (SSSR count). The quantitative estimate of drug-likeness (QED) is 0.122. The molecule has 0 aliphatic heterocycles. The van der Waals surface area contributed by atoms with Crippen molar-refractivity contribution in [2.24, 2.45) is 0 Å². The van der Waals surface area contributed by atoms with Crippen molar-refractivity contribution in [1.82, 2.24) is 0 Å². The van der Waals surface area contributed by atoms with Gasteiger partial charge >= 0.3 is 5.97 Å². The van der Waals surface area contributed by atoms with Crippen LogP contribution in [0.1, 0.15) is 115 Å². The van der Waals surface area contributed by atoms with E-state index in [-0.39, 0.29) is 5.97 Å². The van der Waals surface area contributed by atoms with Crippen molar-refractivity contribution in [1.29, 1.82) is 0 Å². The first-order valence-corrected chi connectivity index (χ1v) is 12.8. The van der Waals surface area contributed by atoms with Crippen molar-refractivity contribution < 1.29 is 14.3 Å². The summed E-state index contributed by atoms with van der Waals surface area (Å²) < 4.78 is 11.3. The van der Waals surface area contributed by atoms with Gasteiger partial charge in [0.15, 0.2) is 0 Å². The number of hydrogen-bond acceptors (Lipinski definition) is 3. The summed E-state index contributed by atoms with van der Waals surface area (Å²) in [5.74, 6) is 0.493. The van der Waals surface area contributed by atoms with Gasteiger partial charge in [0.25, 0.3) is 0 Å². The first-order chi connectivity index (χ1) is 15.7. The van der Waals surface area contributed by atoms with Crippen LogP contribution < -0.4 is 4.74 Å². The zero-order valence-electron chi connectivity index (χ0n) is 20.9. The molecule has 32 heavy (non-hydrogen) atoms. The molecule has 180 valence electrons.